The average molecular weight is 407 g/mol. The molecule has 0 saturated heterocycles. The summed E-state index contributed by atoms with van der Waals surface area (Å²) in [5, 5.41) is 3.65. The topological polar surface area (TPSA) is 41.6 Å². The van der Waals surface area contributed by atoms with Gasteiger partial charge in [0.15, 0.2) is 0 Å². The number of benzene rings is 3. The summed E-state index contributed by atoms with van der Waals surface area (Å²) in [6, 6.07) is 25.8. The summed E-state index contributed by atoms with van der Waals surface area (Å²) in [6.07, 6.45) is 0.353. The number of carbonyl (C=O) groups excluding carboxylic acids is 1. The zero-order valence-electron chi connectivity index (χ0n) is 16.1. The fraction of sp³-hybridized carbons (Fsp3) is 0.208. The van der Waals surface area contributed by atoms with Crippen LogP contribution in [0.4, 0.5) is 5.69 Å². The molecule has 4 rings (SSSR count). The van der Waals surface area contributed by atoms with Gasteiger partial charge in [-0.15, -0.1) is 0 Å². The molecule has 1 amide bonds. The minimum absolute atomic E-state index is 0.0176. The second-order valence-corrected chi connectivity index (χ2v) is 7.53. The molecule has 5 heteroatoms. The van der Waals surface area contributed by atoms with E-state index in [4.69, 9.17) is 16.3 Å². The number of halogens is 1. The van der Waals surface area contributed by atoms with Crippen molar-refractivity contribution < 1.29 is 9.53 Å². The van der Waals surface area contributed by atoms with Crippen molar-refractivity contribution in [1.82, 2.24) is 5.32 Å². The van der Waals surface area contributed by atoms with Gasteiger partial charge in [-0.2, -0.15) is 0 Å². The molecule has 4 nitrogen and oxygen atoms in total. The van der Waals surface area contributed by atoms with Gasteiger partial charge in [0.25, 0.3) is 0 Å². The summed E-state index contributed by atoms with van der Waals surface area (Å²) in [5.41, 5.74) is 3.13. The lowest BCUT2D eigenvalue weighted by Crippen LogP contribution is -2.45. The maximum atomic E-state index is 12.7. The van der Waals surface area contributed by atoms with E-state index in [1.54, 1.807) is 0 Å². The van der Waals surface area contributed by atoms with Gasteiger partial charge in [0.1, 0.15) is 12.4 Å². The second-order valence-electron chi connectivity index (χ2n) is 7.12. The zero-order valence-corrected chi connectivity index (χ0v) is 16.8. The first kappa shape index (κ1) is 19.3. The highest BCUT2D eigenvalue weighted by molar-refractivity contribution is 6.31. The zero-order chi connectivity index (χ0) is 20.1. The highest BCUT2D eigenvalue weighted by Gasteiger charge is 2.29. The smallest absolute Gasteiger partial charge is 0.222 e. The molecule has 0 bridgehead atoms. The van der Waals surface area contributed by atoms with E-state index in [-0.39, 0.29) is 11.9 Å². The standard InChI is InChI=1S/C24H23ClN2O2/c25-21-11-5-4-10-19(21)15-26-24(28)14-20-17-29-23-13-7-6-12-22(23)27(20)16-18-8-2-1-3-9-18/h1-13,20H,14-17H2,(H,26,28)/t20-/m1/s1. The van der Waals surface area contributed by atoms with Crippen molar-refractivity contribution in [2.24, 2.45) is 0 Å². The number of ether oxygens (including phenoxy) is 1. The van der Waals surface area contributed by atoms with E-state index in [9.17, 15) is 4.79 Å². The summed E-state index contributed by atoms with van der Waals surface area (Å²) >= 11 is 6.19. The van der Waals surface area contributed by atoms with Gasteiger partial charge in [-0.1, -0.05) is 72.3 Å². The first-order valence-corrected chi connectivity index (χ1v) is 10.1. The van der Waals surface area contributed by atoms with Crippen LogP contribution in [0.1, 0.15) is 17.5 Å². The Morgan fingerprint density at radius 1 is 1.00 bits per heavy atom. The van der Waals surface area contributed by atoms with E-state index < -0.39 is 0 Å². The highest BCUT2D eigenvalue weighted by Crippen LogP contribution is 2.35. The molecule has 0 aromatic heterocycles. The van der Waals surface area contributed by atoms with Crippen molar-refractivity contribution in [3.8, 4) is 5.75 Å². The number of amides is 1. The number of nitrogens with one attached hydrogen (secondary N) is 1. The number of carbonyl (C=O) groups is 1. The molecule has 0 radical (unpaired) electrons. The first-order chi connectivity index (χ1) is 14.2. The molecule has 1 heterocycles. The maximum absolute atomic E-state index is 12.7. The molecule has 0 saturated carbocycles. The average Bonchev–Trinajstić information content (AvgIpc) is 2.75. The van der Waals surface area contributed by atoms with Crippen LogP contribution in [-0.2, 0) is 17.9 Å². The number of rotatable bonds is 6. The monoisotopic (exact) mass is 406 g/mol. The van der Waals surface area contributed by atoms with Gasteiger partial charge in [0.2, 0.25) is 5.91 Å². The Morgan fingerprint density at radius 3 is 2.55 bits per heavy atom. The van der Waals surface area contributed by atoms with Crippen LogP contribution in [0.25, 0.3) is 0 Å². The van der Waals surface area contributed by atoms with Gasteiger partial charge < -0.3 is 15.0 Å². The molecule has 0 aliphatic carbocycles. The fourth-order valence-electron chi connectivity index (χ4n) is 3.57. The van der Waals surface area contributed by atoms with Crippen molar-refractivity contribution in [1.29, 1.82) is 0 Å². The number of fused-ring (bicyclic) bond motifs is 1. The quantitative estimate of drug-likeness (QED) is 0.638. The normalized spacial score (nSPS) is 15.3. The lowest BCUT2D eigenvalue weighted by Gasteiger charge is -2.38. The summed E-state index contributed by atoms with van der Waals surface area (Å²) in [4.78, 5) is 14.9. The van der Waals surface area contributed by atoms with Crippen LogP contribution >= 0.6 is 11.6 Å². The van der Waals surface area contributed by atoms with Gasteiger partial charge in [-0.25, -0.2) is 0 Å². The predicted octanol–water partition coefficient (Wildman–Crippen LogP) is 4.81. The molecule has 1 aliphatic rings. The minimum atomic E-state index is -0.0450. The lowest BCUT2D eigenvalue weighted by atomic mass is 10.1. The van der Waals surface area contributed by atoms with Crippen molar-refractivity contribution in [2.75, 3.05) is 11.5 Å². The van der Waals surface area contributed by atoms with Crippen LogP contribution in [0.2, 0.25) is 5.02 Å². The lowest BCUT2D eigenvalue weighted by molar-refractivity contribution is -0.121. The van der Waals surface area contributed by atoms with Crippen LogP contribution in [-0.4, -0.2) is 18.6 Å². The van der Waals surface area contributed by atoms with Gasteiger partial charge >= 0.3 is 0 Å². The molecule has 3 aromatic rings. The van der Waals surface area contributed by atoms with Crippen LogP contribution in [0.5, 0.6) is 5.75 Å². The van der Waals surface area contributed by atoms with E-state index in [1.807, 2.05) is 66.7 Å². The van der Waals surface area contributed by atoms with Crippen LogP contribution in [0.3, 0.4) is 0 Å². The minimum Gasteiger partial charge on any atom is -0.489 e. The molecule has 29 heavy (non-hydrogen) atoms. The van der Waals surface area contributed by atoms with E-state index in [1.165, 1.54) is 5.56 Å². The third kappa shape index (κ3) is 4.72. The maximum Gasteiger partial charge on any atom is 0.222 e. The Hall–Kier alpha value is -2.98. The van der Waals surface area contributed by atoms with Crippen molar-refractivity contribution >= 4 is 23.2 Å². The highest BCUT2D eigenvalue weighted by atomic mass is 35.5. The molecule has 0 spiro atoms. The Kier molecular flexibility index (Phi) is 6.01. The third-order valence-corrected chi connectivity index (χ3v) is 5.47. The van der Waals surface area contributed by atoms with Crippen LogP contribution < -0.4 is 15.0 Å². The summed E-state index contributed by atoms with van der Waals surface area (Å²) in [7, 11) is 0. The van der Waals surface area contributed by atoms with E-state index >= 15 is 0 Å². The molecule has 1 N–H and O–H groups in total. The molecule has 1 aliphatic heterocycles. The van der Waals surface area contributed by atoms with Gasteiger partial charge in [0, 0.05) is 18.1 Å². The van der Waals surface area contributed by atoms with Crippen LogP contribution in [0.15, 0.2) is 78.9 Å². The molecule has 148 valence electrons. The van der Waals surface area contributed by atoms with E-state index in [2.05, 4.69) is 22.3 Å². The number of hydrogen-bond donors (Lipinski definition) is 1. The number of para-hydroxylation sites is 2. The van der Waals surface area contributed by atoms with Gasteiger partial charge in [-0.3, -0.25) is 4.79 Å². The van der Waals surface area contributed by atoms with Gasteiger partial charge in [0.05, 0.1) is 18.2 Å². The second kappa shape index (κ2) is 9.01. The molecular weight excluding hydrogens is 384 g/mol. The third-order valence-electron chi connectivity index (χ3n) is 5.10. The predicted molar refractivity (Wildman–Crippen MR) is 116 cm³/mol. The SMILES string of the molecule is O=C(C[C@@H]1COc2ccccc2N1Cc1ccccc1)NCc1ccccc1Cl. The summed E-state index contributed by atoms with van der Waals surface area (Å²) in [5.74, 6) is 0.840. The molecule has 0 unspecified atom stereocenters. The Balaban J connectivity index is 1.47. The van der Waals surface area contributed by atoms with Crippen LogP contribution in [0, 0.1) is 0 Å². The first-order valence-electron chi connectivity index (χ1n) is 9.73. The Morgan fingerprint density at radius 2 is 1.72 bits per heavy atom. The Bertz CT molecular complexity index is 977. The molecule has 1 atom stereocenters. The fourth-order valence-corrected chi connectivity index (χ4v) is 3.78. The molecule has 3 aromatic carbocycles. The Labute approximate surface area is 176 Å². The largest absolute Gasteiger partial charge is 0.489 e. The number of nitrogens with zero attached hydrogens (tertiary/aromatic N) is 1. The molecule has 0 fully saturated rings. The summed E-state index contributed by atoms with van der Waals surface area (Å²) in [6.45, 7) is 1.62. The van der Waals surface area contributed by atoms with Gasteiger partial charge in [-0.05, 0) is 29.3 Å². The number of anilines is 1. The van der Waals surface area contributed by atoms with E-state index in [0.29, 0.717) is 24.6 Å². The van der Waals surface area contributed by atoms with Crippen molar-refractivity contribution in [3.63, 3.8) is 0 Å². The van der Waals surface area contributed by atoms with E-state index in [0.717, 1.165) is 23.5 Å². The van der Waals surface area contributed by atoms with Crippen molar-refractivity contribution in [3.05, 3.63) is 95.0 Å². The summed E-state index contributed by atoms with van der Waals surface area (Å²) < 4.78 is 5.94. The van der Waals surface area contributed by atoms with Crippen molar-refractivity contribution in [2.45, 2.75) is 25.6 Å². The number of hydrogen-bond acceptors (Lipinski definition) is 3. The molecular formula is C24H23ClN2O2.